The highest BCUT2D eigenvalue weighted by Crippen LogP contribution is 2.34. The molecule has 0 saturated carbocycles. The van der Waals surface area contributed by atoms with Crippen molar-refractivity contribution in [3.05, 3.63) is 23.1 Å². The van der Waals surface area contributed by atoms with E-state index in [0.717, 1.165) is 30.9 Å². The Balaban J connectivity index is 2.06. The minimum atomic E-state index is 0.162. The Bertz CT molecular complexity index is 586. The molecule has 1 atom stereocenters. The first-order valence-electron chi connectivity index (χ1n) is 6.37. The van der Waals surface area contributed by atoms with E-state index in [0.29, 0.717) is 0 Å². The summed E-state index contributed by atoms with van der Waals surface area (Å²) in [5.41, 5.74) is 1.08. The number of imidazole rings is 1. The molecule has 3 heterocycles. The average molecular weight is 263 g/mol. The van der Waals surface area contributed by atoms with Crippen LogP contribution in [-0.2, 0) is 4.79 Å². The second-order valence-electron chi connectivity index (χ2n) is 4.85. The zero-order valence-corrected chi connectivity index (χ0v) is 11.5. The lowest BCUT2D eigenvalue weighted by Crippen LogP contribution is -2.37. The number of hydrogen-bond acceptors (Lipinski definition) is 3. The van der Waals surface area contributed by atoms with Gasteiger partial charge in [-0.15, -0.1) is 11.3 Å². The predicted octanol–water partition coefficient (Wildman–Crippen LogP) is 2.78. The Kier molecular flexibility index (Phi) is 2.86. The number of aryl methyl sites for hydroxylation is 1. The number of fused-ring (bicyclic) bond motifs is 1. The van der Waals surface area contributed by atoms with E-state index in [1.165, 1.54) is 11.3 Å². The molecule has 1 aliphatic heterocycles. The Labute approximate surface area is 110 Å². The maximum Gasteiger partial charge on any atom is 0.220 e. The fourth-order valence-corrected chi connectivity index (χ4v) is 3.73. The van der Waals surface area contributed by atoms with E-state index in [9.17, 15) is 4.79 Å². The van der Waals surface area contributed by atoms with Gasteiger partial charge < -0.3 is 4.90 Å². The fraction of sp³-hybridized carbons (Fsp3) is 0.538. The first-order valence-corrected chi connectivity index (χ1v) is 7.25. The summed E-state index contributed by atoms with van der Waals surface area (Å²) in [7, 11) is 0. The van der Waals surface area contributed by atoms with Crippen molar-refractivity contribution in [1.82, 2.24) is 14.3 Å². The molecule has 18 heavy (non-hydrogen) atoms. The molecule has 0 radical (unpaired) electrons. The number of rotatable bonds is 1. The smallest absolute Gasteiger partial charge is 0.220 e. The van der Waals surface area contributed by atoms with Gasteiger partial charge in [0.1, 0.15) is 10.7 Å². The van der Waals surface area contributed by atoms with Gasteiger partial charge in [-0.25, -0.2) is 4.98 Å². The molecular weight excluding hydrogens is 246 g/mol. The summed E-state index contributed by atoms with van der Waals surface area (Å²) in [6, 6.07) is 0.165. The van der Waals surface area contributed by atoms with Crippen molar-refractivity contribution in [2.45, 2.75) is 39.2 Å². The monoisotopic (exact) mass is 263 g/mol. The molecule has 0 N–H and O–H groups in total. The van der Waals surface area contributed by atoms with Gasteiger partial charge in [-0.3, -0.25) is 9.20 Å². The number of carbonyl (C=O) groups excluding carboxylic acids is 1. The number of carbonyl (C=O) groups is 1. The van der Waals surface area contributed by atoms with E-state index in [1.54, 1.807) is 18.3 Å². The van der Waals surface area contributed by atoms with Gasteiger partial charge in [-0.1, -0.05) is 0 Å². The lowest BCUT2D eigenvalue weighted by molar-refractivity contribution is -0.132. The molecule has 96 valence electrons. The summed E-state index contributed by atoms with van der Waals surface area (Å²) in [6.45, 7) is 4.54. The number of aromatic nitrogens is 2. The van der Waals surface area contributed by atoms with Crippen LogP contribution in [0.2, 0.25) is 0 Å². The van der Waals surface area contributed by atoms with Crippen LogP contribution in [0.3, 0.4) is 0 Å². The van der Waals surface area contributed by atoms with Gasteiger partial charge in [0.05, 0.1) is 11.7 Å². The molecule has 1 amide bonds. The first-order chi connectivity index (χ1) is 8.68. The van der Waals surface area contributed by atoms with E-state index in [1.807, 2.05) is 18.0 Å². The Morgan fingerprint density at radius 1 is 1.50 bits per heavy atom. The minimum Gasteiger partial charge on any atom is -0.334 e. The second kappa shape index (κ2) is 4.39. The summed E-state index contributed by atoms with van der Waals surface area (Å²) in [5.74, 6) is 1.17. The fourth-order valence-electron chi connectivity index (χ4n) is 2.80. The van der Waals surface area contributed by atoms with Crippen LogP contribution < -0.4 is 0 Å². The Morgan fingerprint density at radius 2 is 2.33 bits per heavy atom. The van der Waals surface area contributed by atoms with Crippen LogP contribution in [0.25, 0.3) is 4.83 Å². The predicted molar refractivity (Wildman–Crippen MR) is 71.8 cm³/mol. The SMILES string of the molecule is CC(=O)N1CCCCC1c1nc(C)n2ccsc12. The van der Waals surface area contributed by atoms with Crippen molar-refractivity contribution in [3.63, 3.8) is 0 Å². The highest BCUT2D eigenvalue weighted by Gasteiger charge is 2.29. The van der Waals surface area contributed by atoms with E-state index in [2.05, 4.69) is 14.8 Å². The van der Waals surface area contributed by atoms with E-state index in [-0.39, 0.29) is 11.9 Å². The van der Waals surface area contributed by atoms with Crippen LogP contribution in [0.1, 0.15) is 43.7 Å². The van der Waals surface area contributed by atoms with Gasteiger partial charge in [0.2, 0.25) is 5.91 Å². The van der Waals surface area contributed by atoms with Crippen LogP contribution in [0.5, 0.6) is 0 Å². The van der Waals surface area contributed by atoms with Crippen molar-refractivity contribution in [2.24, 2.45) is 0 Å². The quantitative estimate of drug-likeness (QED) is 0.793. The van der Waals surface area contributed by atoms with Crippen LogP contribution in [0.4, 0.5) is 0 Å². The Hall–Kier alpha value is -1.36. The van der Waals surface area contributed by atoms with Crippen molar-refractivity contribution in [2.75, 3.05) is 6.54 Å². The van der Waals surface area contributed by atoms with Crippen LogP contribution in [-0.4, -0.2) is 26.7 Å². The normalized spacial score (nSPS) is 20.6. The van der Waals surface area contributed by atoms with Crippen LogP contribution in [0.15, 0.2) is 11.6 Å². The Morgan fingerprint density at radius 3 is 3.11 bits per heavy atom. The molecular formula is C13H17N3OS. The molecule has 1 fully saturated rings. The van der Waals surface area contributed by atoms with E-state index < -0.39 is 0 Å². The van der Waals surface area contributed by atoms with Crippen molar-refractivity contribution >= 4 is 22.1 Å². The summed E-state index contributed by atoms with van der Waals surface area (Å²) < 4.78 is 2.12. The van der Waals surface area contributed by atoms with Crippen molar-refractivity contribution in [1.29, 1.82) is 0 Å². The first kappa shape index (κ1) is 11.7. The highest BCUT2D eigenvalue weighted by atomic mass is 32.1. The molecule has 0 aliphatic carbocycles. The lowest BCUT2D eigenvalue weighted by Gasteiger charge is -2.34. The van der Waals surface area contributed by atoms with Crippen LogP contribution >= 0.6 is 11.3 Å². The molecule has 0 bridgehead atoms. The maximum atomic E-state index is 11.8. The van der Waals surface area contributed by atoms with Gasteiger partial charge in [0.25, 0.3) is 0 Å². The van der Waals surface area contributed by atoms with E-state index in [4.69, 9.17) is 0 Å². The summed E-state index contributed by atoms with van der Waals surface area (Å²) in [6.07, 6.45) is 5.37. The standard InChI is InChI=1S/C13H17N3OS/c1-9-14-12(13-15(9)7-8-18-13)11-5-3-4-6-16(11)10(2)17/h7-8,11H,3-6H2,1-2H3. The molecule has 0 spiro atoms. The topological polar surface area (TPSA) is 37.6 Å². The third-order valence-electron chi connectivity index (χ3n) is 3.68. The van der Waals surface area contributed by atoms with Crippen LogP contribution in [0, 0.1) is 6.92 Å². The zero-order chi connectivity index (χ0) is 12.7. The number of hydrogen-bond donors (Lipinski definition) is 0. The number of likely N-dealkylation sites (tertiary alicyclic amines) is 1. The highest BCUT2D eigenvalue weighted by molar-refractivity contribution is 7.15. The van der Waals surface area contributed by atoms with E-state index >= 15 is 0 Å². The summed E-state index contributed by atoms with van der Waals surface area (Å²) in [4.78, 5) is 19.6. The third kappa shape index (κ3) is 1.73. The van der Waals surface area contributed by atoms with Gasteiger partial charge in [-0.05, 0) is 26.2 Å². The summed E-state index contributed by atoms with van der Waals surface area (Å²) in [5, 5.41) is 2.08. The van der Waals surface area contributed by atoms with Gasteiger partial charge >= 0.3 is 0 Å². The molecule has 1 unspecified atom stereocenters. The minimum absolute atomic E-state index is 0.162. The second-order valence-corrected chi connectivity index (χ2v) is 5.74. The lowest BCUT2D eigenvalue weighted by atomic mass is 10.00. The molecule has 0 aromatic carbocycles. The molecule has 4 nitrogen and oxygen atoms in total. The van der Waals surface area contributed by atoms with Gasteiger partial charge in [0.15, 0.2) is 0 Å². The van der Waals surface area contributed by atoms with Crippen molar-refractivity contribution in [3.8, 4) is 0 Å². The molecule has 2 aromatic rings. The number of amides is 1. The molecule has 1 aliphatic rings. The third-order valence-corrected chi connectivity index (χ3v) is 4.57. The summed E-state index contributed by atoms with van der Waals surface area (Å²) >= 11 is 1.70. The zero-order valence-electron chi connectivity index (χ0n) is 10.7. The van der Waals surface area contributed by atoms with Crippen molar-refractivity contribution < 1.29 is 4.79 Å². The number of piperidine rings is 1. The molecule has 2 aromatic heterocycles. The maximum absolute atomic E-state index is 11.8. The number of thiazole rings is 1. The molecule has 1 saturated heterocycles. The van der Waals surface area contributed by atoms with Gasteiger partial charge in [0, 0.05) is 25.0 Å². The average Bonchev–Trinajstić information content (AvgIpc) is 2.94. The molecule has 5 heteroatoms. The van der Waals surface area contributed by atoms with Gasteiger partial charge in [-0.2, -0.15) is 0 Å². The molecule has 3 rings (SSSR count). The largest absolute Gasteiger partial charge is 0.334 e. The number of nitrogens with zero attached hydrogens (tertiary/aromatic N) is 3.